The normalized spacial score (nSPS) is 14.4. The van der Waals surface area contributed by atoms with E-state index in [1.54, 1.807) is 23.1 Å². The summed E-state index contributed by atoms with van der Waals surface area (Å²) >= 11 is 15.2. The quantitative estimate of drug-likeness (QED) is 0.781. The zero-order valence-electron chi connectivity index (χ0n) is 9.77. The third-order valence-electron chi connectivity index (χ3n) is 2.43. The number of hydrogen-bond donors (Lipinski definition) is 1. The van der Waals surface area contributed by atoms with E-state index in [1.165, 1.54) is 4.88 Å². The smallest absolute Gasteiger partial charge is 0.0931 e. The Bertz CT molecular complexity index is 508. The van der Waals surface area contributed by atoms with Crippen molar-refractivity contribution in [2.45, 2.75) is 23.1 Å². The first kappa shape index (κ1) is 14.2. The van der Waals surface area contributed by atoms with Gasteiger partial charge in [0, 0.05) is 20.8 Å². The summed E-state index contributed by atoms with van der Waals surface area (Å²) in [7, 11) is 0. The maximum atomic E-state index is 6.07. The van der Waals surface area contributed by atoms with Gasteiger partial charge in [-0.2, -0.15) is 0 Å². The second-order valence-electron chi connectivity index (χ2n) is 3.99. The standard InChI is InChI=1S/C13H13Cl2NS2/c1-8(16)13(11-6-7-12(15)18-11)17-10-4-2-9(14)3-5-10/h2-8,13H,16H2,1H3. The topological polar surface area (TPSA) is 26.0 Å². The maximum absolute atomic E-state index is 6.07. The molecular formula is C13H13Cl2NS2. The van der Waals surface area contributed by atoms with Gasteiger partial charge in [0.05, 0.1) is 9.59 Å². The van der Waals surface area contributed by atoms with E-state index < -0.39 is 0 Å². The first-order valence-corrected chi connectivity index (χ1v) is 7.94. The Labute approximate surface area is 125 Å². The average Bonchev–Trinajstić information content (AvgIpc) is 2.74. The fourth-order valence-electron chi connectivity index (χ4n) is 1.57. The van der Waals surface area contributed by atoms with E-state index in [4.69, 9.17) is 28.9 Å². The van der Waals surface area contributed by atoms with Crippen molar-refractivity contribution in [2.75, 3.05) is 0 Å². The van der Waals surface area contributed by atoms with E-state index in [1.807, 2.05) is 43.3 Å². The van der Waals surface area contributed by atoms with Crippen LogP contribution < -0.4 is 5.73 Å². The molecule has 0 bridgehead atoms. The van der Waals surface area contributed by atoms with Crippen molar-refractivity contribution in [1.29, 1.82) is 0 Å². The van der Waals surface area contributed by atoms with E-state index in [2.05, 4.69) is 0 Å². The molecule has 0 spiro atoms. The third kappa shape index (κ3) is 3.65. The SMILES string of the molecule is CC(N)C(Sc1ccc(Cl)cc1)c1ccc(Cl)s1. The summed E-state index contributed by atoms with van der Waals surface area (Å²) < 4.78 is 0.798. The highest BCUT2D eigenvalue weighted by Gasteiger charge is 2.19. The van der Waals surface area contributed by atoms with Crippen molar-refractivity contribution in [3.05, 3.63) is 50.6 Å². The lowest BCUT2D eigenvalue weighted by Gasteiger charge is -2.19. The largest absolute Gasteiger partial charge is 0.327 e. The molecule has 2 unspecified atom stereocenters. The Balaban J connectivity index is 2.19. The second kappa shape index (κ2) is 6.31. The van der Waals surface area contributed by atoms with Gasteiger partial charge in [-0.1, -0.05) is 23.2 Å². The van der Waals surface area contributed by atoms with Crippen molar-refractivity contribution in [2.24, 2.45) is 5.73 Å². The molecule has 0 radical (unpaired) electrons. The maximum Gasteiger partial charge on any atom is 0.0931 e. The molecule has 96 valence electrons. The summed E-state index contributed by atoms with van der Waals surface area (Å²) in [6.07, 6.45) is 0. The molecule has 5 heteroatoms. The van der Waals surface area contributed by atoms with E-state index in [0.29, 0.717) is 0 Å². The predicted molar refractivity (Wildman–Crippen MR) is 83.0 cm³/mol. The van der Waals surface area contributed by atoms with E-state index in [9.17, 15) is 0 Å². The number of thiophene rings is 1. The van der Waals surface area contributed by atoms with Gasteiger partial charge in [0.1, 0.15) is 0 Å². The molecule has 2 atom stereocenters. The minimum atomic E-state index is 0.0559. The number of hydrogen-bond acceptors (Lipinski definition) is 3. The zero-order valence-corrected chi connectivity index (χ0v) is 12.9. The van der Waals surface area contributed by atoms with E-state index >= 15 is 0 Å². The molecule has 1 heterocycles. The van der Waals surface area contributed by atoms with Crippen LogP contribution in [0.5, 0.6) is 0 Å². The third-order valence-corrected chi connectivity index (χ3v) is 5.63. The van der Waals surface area contributed by atoms with Crippen molar-refractivity contribution in [1.82, 2.24) is 0 Å². The van der Waals surface area contributed by atoms with Crippen LogP contribution in [0.2, 0.25) is 9.36 Å². The van der Waals surface area contributed by atoms with Crippen molar-refractivity contribution < 1.29 is 0 Å². The lowest BCUT2D eigenvalue weighted by Crippen LogP contribution is -2.21. The average molecular weight is 318 g/mol. The molecule has 18 heavy (non-hydrogen) atoms. The van der Waals surface area contributed by atoms with E-state index in [0.717, 1.165) is 14.3 Å². The van der Waals surface area contributed by atoms with Crippen molar-refractivity contribution in [3.8, 4) is 0 Å². The molecule has 0 aliphatic carbocycles. The monoisotopic (exact) mass is 317 g/mol. The van der Waals surface area contributed by atoms with Crippen molar-refractivity contribution in [3.63, 3.8) is 0 Å². The highest BCUT2D eigenvalue weighted by atomic mass is 35.5. The summed E-state index contributed by atoms with van der Waals surface area (Å²) in [6, 6.07) is 11.8. The number of rotatable bonds is 4. The number of halogens is 2. The van der Waals surface area contributed by atoms with Crippen LogP contribution in [-0.4, -0.2) is 6.04 Å². The number of thioether (sulfide) groups is 1. The Morgan fingerprint density at radius 1 is 1.11 bits per heavy atom. The van der Waals surface area contributed by atoms with Gasteiger partial charge in [-0.25, -0.2) is 0 Å². The second-order valence-corrected chi connectivity index (χ2v) is 7.39. The highest BCUT2D eigenvalue weighted by Crippen LogP contribution is 2.41. The summed E-state index contributed by atoms with van der Waals surface area (Å²) in [4.78, 5) is 2.36. The molecule has 0 aliphatic heterocycles. The summed E-state index contributed by atoms with van der Waals surface area (Å²) in [5, 5.41) is 0.958. The highest BCUT2D eigenvalue weighted by molar-refractivity contribution is 7.99. The Morgan fingerprint density at radius 3 is 2.28 bits per heavy atom. The molecule has 0 saturated heterocycles. The van der Waals surface area contributed by atoms with Crippen LogP contribution in [0.1, 0.15) is 17.1 Å². The van der Waals surface area contributed by atoms with Crippen LogP contribution in [-0.2, 0) is 0 Å². The Hall–Kier alpha value is -0.190. The zero-order chi connectivity index (χ0) is 13.1. The van der Waals surface area contributed by atoms with Crippen LogP contribution in [0, 0.1) is 0 Å². The van der Waals surface area contributed by atoms with Gasteiger partial charge in [0.15, 0.2) is 0 Å². The van der Waals surface area contributed by atoms with Gasteiger partial charge in [-0.15, -0.1) is 23.1 Å². The van der Waals surface area contributed by atoms with Crippen LogP contribution in [0.3, 0.4) is 0 Å². The van der Waals surface area contributed by atoms with Gasteiger partial charge < -0.3 is 5.73 Å². The molecule has 1 aromatic heterocycles. The molecule has 2 aromatic rings. The van der Waals surface area contributed by atoms with Crippen molar-refractivity contribution >= 4 is 46.3 Å². The molecule has 2 rings (SSSR count). The van der Waals surface area contributed by atoms with Gasteiger partial charge in [-0.05, 0) is 43.3 Å². The molecular weight excluding hydrogens is 305 g/mol. The molecule has 0 fully saturated rings. The number of benzene rings is 1. The molecule has 2 N–H and O–H groups in total. The summed E-state index contributed by atoms with van der Waals surface area (Å²) in [6.45, 7) is 2.02. The van der Waals surface area contributed by atoms with Crippen LogP contribution in [0.15, 0.2) is 41.3 Å². The first-order chi connectivity index (χ1) is 8.56. The molecule has 1 aromatic carbocycles. The fraction of sp³-hybridized carbons (Fsp3) is 0.231. The lowest BCUT2D eigenvalue weighted by molar-refractivity contribution is 0.730. The van der Waals surface area contributed by atoms with Crippen LogP contribution in [0.25, 0.3) is 0 Å². The van der Waals surface area contributed by atoms with Crippen LogP contribution >= 0.6 is 46.3 Å². The minimum absolute atomic E-state index is 0.0559. The fourth-order valence-corrected chi connectivity index (χ4v) is 4.13. The van der Waals surface area contributed by atoms with Gasteiger partial charge >= 0.3 is 0 Å². The summed E-state index contributed by atoms with van der Waals surface area (Å²) in [5.41, 5.74) is 6.07. The molecule has 1 nitrogen and oxygen atoms in total. The van der Waals surface area contributed by atoms with E-state index in [-0.39, 0.29) is 11.3 Å². The van der Waals surface area contributed by atoms with Gasteiger partial charge in [0.25, 0.3) is 0 Å². The molecule has 0 amide bonds. The van der Waals surface area contributed by atoms with Gasteiger partial charge in [-0.3, -0.25) is 0 Å². The lowest BCUT2D eigenvalue weighted by atomic mass is 10.2. The molecule has 0 aliphatic rings. The van der Waals surface area contributed by atoms with Gasteiger partial charge in [0.2, 0.25) is 0 Å². The Kier molecular flexibility index (Phi) is 4.98. The Morgan fingerprint density at radius 2 is 1.78 bits per heavy atom. The minimum Gasteiger partial charge on any atom is -0.327 e. The molecule has 0 saturated carbocycles. The summed E-state index contributed by atoms with van der Waals surface area (Å²) in [5.74, 6) is 0. The first-order valence-electron chi connectivity index (χ1n) is 5.49. The van der Waals surface area contributed by atoms with Crippen LogP contribution in [0.4, 0.5) is 0 Å². The predicted octanol–water partition coefficient (Wildman–Crippen LogP) is 5.24. The number of nitrogens with two attached hydrogens (primary N) is 1.